The molecule has 0 spiro atoms. The van der Waals surface area contributed by atoms with Crippen molar-refractivity contribution >= 4 is 5.78 Å². The number of ether oxygens (including phenoxy) is 1. The van der Waals surface area contributed by atoms with Crippen LogP contribution in [-0.4, -0.2) is 51.4 Å². The van der Waals surface area contributed by atoms with Gasteiger partial charge in [-0.15, -0.1) is 0 Å². The standard InChI is InChI=1S/C20H20FN5O3/c1-13(11-24(2)3)19(27)18-20(28)17(29-4)12-26(23-18)16-7-6-14(10-15(16)21)25-9-5-8-22-25/h5-12H,1-4H3. The number of ketones is 1. The van der Waals surface area contributed by atoms with E-state index >= 15 is 0 Å². The number of hydrogen-bond acceptors (Lipinski definition) is 6. The predicted molar refractivity (Wildman–Crippen MR) is 105 cm³/mol. The average molecular weight is 397 g/mol. The van der Waals surface area contributed by atoms with Crippen LogP contribution in [0.15, 0.2) is 59.4 Å². The van der Waals surface area contributed by atoms with Crippen LogP contribution in [-0.2, 0) is 0 Å². The number of aromatic nitrogens is 4. The van der Waals surface area contributed by atoms with E-state index < -0.39 is 17.0 Å². The third-order valence-electron chi connectivity index (χ3n) is 4.08. The quantitative estimate of drug-likeness (QED) is 0.469. The van der Waals surface area contributed by atoms with Gasteiger partial charge in [0.25, 0.3) is 5.43 Å². The minimum absolute atomic E-state index is 0.0579. The Morgan fingerprint density at radius 2 is 2.03 bits per heavy atom. The molecule has 0 bridgehead atoms. The molecule has 0 radical (unpaired) electrons. The zero-order chi connectivity index (χ0) is 21.1. The van der Waals surface area contributed by atoms with Crippen molar-refractivity contribution in [1.29, 1.82) is 0 Å². The minimum atomic E-state index is -0.658. The molecule has 2 aromatic heterocycles. The highest BCUT2D eigenvalue weighted by atomic mass is 19.1. The molecule has 0 unspecified atom stereocenters. The molecule has 0 amide bonds. The number of methoxy groups -OCH3 is 1. The van der Waals surface area contributed by atoms with Crippen LogP contribution in [0, 0.1) is 5.82 Å². The van der Waals surface area contributed by atoms with Crippen molar-refractivity contribution in [3.8, 4) is 17.1 Å². The Labute approximate surface area is 166 Å². The summed E-state index contributed by atoms with van der Waals surface area (Å²) in [5, 5.41) is 8.15. The van der Waals surface area contributed by atoms with E-state index in [1.807, 2.05) is 0 Å². The van der Waals surface area contributed by atoms with Crippen molar-refractivity contribution in [1.82, 2.24) is 24.5 Å². The third kappa shape index (κ3) is 4.08. The highest BCUT2D eigenvalue weighted by molar-refractivity contribution is 6.06. The Bertz CT molecular complexity index is 1130. The lowest BCUT2D eigenvalue weighted by molar-refractivity contribution is 0.102. The van der Waals surface area contributed by atoms with Crippen LogP contribution < -0.4 is 10.2 Å². The van der Waals surface area contributed by atoms with Crippen molar-refractivity contribution in [2.75, 3.05) is 21.2 Å². The first-order chi connectivity index (χ1) is 13.8. The molecular weight excluding hydrogens is 377 g/mol. The van der Waals surface area contributed by atoms with Gasteiger partial charge in [-0.3, -0.25) is 9.59 Å². The van der Waals surface area contributed by atoms with Gasteiger partial charge in [-0.25, -0.2) is 13.8 Å². The predicted octanol–water partition coefficient (Wildman–Crippen LogP) is 2.21. The molecular formula is C20H20FN5O3. The number of allylic oxidation sites excluding steroid dienone is 1. The van der Waals surface area contributed by atoms with E-state index in [-0.39, 0.29) is 17.1 Å². The van der Waals surface area contributed by atoms with Gasteiger partial charge in [-0.2, -0.15) is 10.2 Å². The molecule has 0 atom stereocenters. The maximum Gasteiger partial charge on any atom is 0.253 e. The van der Waals surface area contributed by atoms with Crippen molar-refractivity contribution in [2.45, 2.75) is 6.92 Å². The number of rotatable bonds is 6. The molecule has 0 saturated heterocycles. The van der Waals surface area contributed by atoms with Gasteiger partial charge < -0.3 is 9.64 Å². The van der Waals surface area contributed by atoms with E-state index in [2.05, 4.69) is 10.2 Å². The lowest BCUT2D eigenvalue weighted by atomic mass is 10.1. The van der Waals surface area contributed by atoms with Gasteiger partial charge in [0.05, 0.1) is 19.0 Å². The van der Waals surface area contributed by atoms with Crippen LogP contribution in [0.5, 0.6) is 5.75 Å². The smallest absolute Gasteiger partial charge is 0.253 e. The molecule has 0 fully saturated rings. The Kier molecular flexibility index (Phi) is 5.58. The van der Waals surface area contributed by atoms with Gasteiger partial charge in [-0.1, -0.05) is 0 Å². The average Bonchev–Trinajstić information content (AvgIpc) is 3.22. The Morgan fingerprint density at radius 1 is 1.28 bits per heavy atom. The number of carbonyl (C=O) groups is 1. The van der Waals surface area contributed by atoms with Crippen LogP contribution >= 0.6 is 0 Å². The largest absolute Gasteiger partial charge is 0.491 e. The second kappa shape index (κ2) is 8.09. The third-order valence-corrected chi connectivity index (χ3v) is 4.08. The fourth-order valence-corrected chi connectivity index (χ4v) is 2.76. The van der Waals surface area contributed by atoms with E-state index in [4.69, 9.17) is 4.74 Å². The van der Waals surface area contributed by atoms with E-state index in [1.165, 1.54) is 30.1 Å². The Balaban J connectivity index is 2.11. The summed E-state index contributed by atoms with van der Waals surface area (Å²) in [6, 6.07) is 6.14. The van der Waals surface area contributed by atoms with E-state index in [0.717, 1.165) is 4.68 Å². The molecule has 0 aliphatic carbocycles. The summed E-state index contributed by atoms with van der Waals surface area (Å²) >= 11 is 0. The first-order valence-corrected chi connectivity index (χ1v) is 8.69. The van der Waals surface area contributed by atoms with Gasteiger partial charge in [0.2, 0.25) is 5.78 Å². The molecule has 29 heavy (non-hydrogen) atoms. The lowest BCUT2D eigenvalue weighted by Crippen LogP contribution is -2.24. The Morgan fingerprint density at radius 3 is 2.62 bits per heavy atom. The van der Waals surface area contributed by atoms with Gasteiger partial charge in [0.15, 0.2) is 17.3 Å². The fourth-order valence-electron chi connectivity index (χ4n) is 2.76. The molecule has 150 valence electrons. The molecule has 2 heterocycles. The van der Waals surface area contributed by atoms with Crippen LogP contribution in [0.1, 0.15) is 17.4 Å². The Hall–Kier alpha value is -3.75. The molecule has 3 rings (SSSR count). The SMILES string of the molecule is COc1cn(-c2ccc(-n3cccn3)cc2F)nc(C(=O)C(C)=CN(C)C)c1=O. The summed E-state index contributed by atoms with van der Waals surface area (Å²) in [4.78, 5) is 26.9. The van der Waals surface area contributed by atoms with Crippen molar-refractivity contribution < 1.29 is 13.9 Å². The van der Waals surface area contributed by atoms with E-state index in [9.17, 15) is 14.0 Å². The number of hydrogen-bond donors (Lipinski definition) is 0. The maximum atomic E-state index is 14.8. The van der Waals surface area contributed by atoms with Crippen molar-refractivity contribution in [3.63, 3.8) is 0 Å². The van der Waals surface area contributed by atoms with Crippen molar-refractivity contribution in [2.24, 2.45) is 0 Å². The lowest BCUT2D eigenvalue weighted by Gasteiger charge is -2.12. The molecule has 0 aliphatic heterocycles. The molecule has 9 heteroatoms. The van der Waals surface area contributed by atoms with E-state index in [1.54, 1.807) is 56.6 Å². The highest BCUT2D eigenvalue weighted by Gasteiger charge is 2.20. The van der Waals surface area contributed by atoms with Crippen LogP contribution in [0.4, 0.5) is 4.39 Å². The van der Waals surface area contributed by atoms with Gasteiger partial charge in [0, 0.05) is 44.3 Å². The molecule has 0 N–H and O–H groups in total. The molecule has 0 aliphatic rings. The van der Waals surface area contributed by atoms with Crippen LogP contribution in [0.25, 0.3) is 11.4 Å². The zero-order valence-electron chi connectivity index (χ0n) is 16.5. The summed E-state index contributed by atoms with van der Waals surface area (Å²) in [5.74, 6) is -1.28. The second-order valence-corrected chi connectivity index (χ2v) is 6.51. The second-order valence-electron chi connectivity index (χ2n) is 6.51. The summed E-state index contributed by atoms with van der Waals surface area (Å²) in [6.45, 7) is 1.58. The molecule has 0 saturated carbocycles. The van der Waals surface area contributed by atoms with Crippen LogP contribution in [0.3, 0.4) is 0 Å². The first-order valence-electron chi connectivity index (χ1n) is 8.69. The first kappa shape index (κ1) is 20.0. The molecule has 1 aromatic carbocycles. The van der Waals surface area contributed by atoms with Gasteiger partial charge in [-0.05, 0) is 25.1 Å². The molecule has 3 aromatic rings. The normalized spacial score (nSPS) is 11.4. The fraction of sp³-hybridized carbons (Fsp3) is 0.200. The van der Waals surface area contributed by atoms with Crippen LogP contribution in [0.2, 0.25) is 0 Å². The monoisotopic (exact) mass is 397 g/mol. The van der Waals surface area contributed by atoms with Crippen molar-refractivity contribution in [3.05, 3.63) is 76.4 Å². The summed E-state index contributed by atoms with van der Waals surface area (Å²) in [5.41, 5.74) is -0.119. The summed E-state index contributed by atoms with van der Waals surface area (Å²) in [6.07, 6.45) is 6.09. The van der Waals surface area contributed by atoms with Gasteiger partial charge in [0.1, 0.15) is 5.69 Å². The van der Waals surface area contributed by atoms with E-state index in [0.29, 0.717) is 11.3 Å². The number of nitrogens with zero attached hydrogens (tertiary/aromatic N) is 5. The summed E-state index contributed by atoms with van der Waals surface area (Å²) in [7, 11) is 4.81. The number of carbonyl (C=O) groups excluding carboxylic acids is 1. The summed E-state index contributed by atoms with van der Waals surface area (Å²) < 4.78 is 22.5. The number of Topliss-reactive ketones (excluding diaryl/α,β-unsaturated/α-hetero) is 1. The van der Waals surface area contributed by atoms with Gasteiger partial charge >= 0.3 is 0 Å². The molecule has 8 nitrogen and oxygen atoms in total. The maximum absolute atomic E-state index is 14.8. The number of halogens is 1. The minimum Gasteiger partial charge on any atom is -0.491 e. The highest BCUT2D eigenvalue weighted by Crippen LogP contribution is 2.18. The zero-order valence-corrected chi connectivity index (χ0v) is 16.5. The topological polar surface area (TPSA) is 82.2 Å². The number of benzene rings is 1.